The molecule has 2 aromatic rings. The first-order valence-electron chi connectivity index (χ1n) is 6.69. The highest BCUT2D eigenvalue weighted by Crippen LogP contribution is 2.22. The van der Waals surface area contributed by atoms with Gasteiger partial charge in [-0.3, -0.25) is 0 Å². The number of rotatable bonds is 6. The van der Waals surface area contributed by atoms with Gasteiger partial charge in [-0.15, -0.1) is 0 Å². The summed E-state index contributed by atoms with van der Waals surface area (Å²) in [5.74, 6) is -2.49. The molecule has 24 heavy (non-hydrogen) atoms. The van der Waals surface area contributed by atoms with Gasteiger partial charge in [-0.1, -0.05) is 0 Å². The lowest BCUT2D eigenvalue weighted by Crippen LogP contribution is -2.26. The maximum absolute atomic E-state index is 12.5. The highest BCUT2D eigenvalue weighted by molar-refractivity contribution is 7.91. The maximum Gasteiger partial charge on any atom is 0.341 e. The van der Waals surface area contributed by atoms with Gasteiger partial charge in [0.25, 0.3) is 0 Å². The predicted octanol–water partition coefficient (Wildman–Crippen LogP) is 2.41. The van der Waals surface area contributed by atoms with Crippen LogP contribution in [0, 0.1) is 6.92 Å². The van der Waals surface area contributed by atoms with Gasteiger partial charge in [-0.2, -0.15) is 13.1 Å². The van der Waals surface area contributed by atoms with Crippen LogP contribution in [0.25, 0.3) is 0 Å². The number of nitrogens with zero attached hydrogens (tertiary/aromatic N) is 1. The van der Waals surface area contributed by atoms with Crippen LogP contribution >= 0.6 is 0 Å². The summed E-state index contributed by atoms with van der Waals surface area (Å²) in [4.78, 5) is -0.845. The van der Waals surface area contributed by atoms with Crippen molar-refractivity contribution >= 4 is 19.9 Å². The molecule has 0 aliphatic heterocycles. The third-order valence-electron chi connectivity index (χ3n) is 3.27. The van der Waals surface area contributed by atoms with Gasteiger partial charge >= 0.3 is 5.76 Å². The first-order chi connectivity index (χ1) is 11.0. The molecule has 0 spiro atoms. The molecule has 6 nitrogen and oxygen atoms in total. The lowest BCUT2D eigenvalue weighted by Gasteiger charge is -2.16. The van der Waals surface area contributed by atoms with Crippen LogP contribution in [0.1, 0.15) is 11.5 Å². The molecule has 0 aliphatic rings. The van der Waals surface area contributed by atoms with E-state index in [4.69, 9.17) is 4.42 Å². The molecule has 10 heteroatoms. The smallest absolute Gasteiger partial charge is 0.341 e. The Balaban J connectivity index is 2.26. The molecule has 0 aliphatic carbocycles. The molecule has 0 radical (unpaired) electrons. The number of halogens is 2. The summed E-state index contributed by atoms with van der Waals surface area (Å²) in [5, 5.41) is 0. The summed E-state index contributed by atoms with van der Waals surface area (Å²) < 4.78 is 78.8. The molecule has 0 amide bonds. The molecule has 1 aromatic heterocycles. The molecule has 0 bridgehead atoms. The average molecular weight is 379 g/mol. The van der Waals surface area contributed by atoms with Crippen molar-refractivity contribution in [3.8, 4) is 0 Å². The zero-order chi connectivity index (χ0) is 18.1. The number of hydrogen-bond donors (Lipinski definition) is 0. The minimum absolute atomic E-state index is 0.0206. The molecule has 0 fully saturated rings. The van der Waals surface area contributed by atoms with Crippen LogP contribution in [-0.2, 0) is 26.4 Å². The Kier molecular flexibility index (Phi) is 5.11. The average Bonchev–Trinajstić information content (AvgIpc) is 2.92. The van der Waals surface area contributed by atoms with Gasteiger partial charge in [-0.25, -0.2) is 16.8 Å². The van der Waals surface area contributed by atoms with Crippen LogP contribution in [-0.4, -0.2) is 33.9 Å². The molecule has 0 unspecified atom stereocenters. The fourth-order valence-corrected chi connectivity index (χ4v) is 3.82. The molecular formula is C14H15F2NO5S2. The normalized spacial score (nSPS) is 12.9. The number of aryl methyl sites for hydroxylation is 1. The Morgan fingerprint density at radius 1 is 1.00 bits per heavy atom. The minimum atomic E-state index is -4.76. The lowest BCUT2D eigenvalue weighted by molar-refractivity contribution is 0.234. The first-order valence-corrected chi connectivity index (χ1v) is 9.67. The largest absolute Gasteiger partial charge is 0.465 e. The maximum atomic E-state index is 12.5. The van der Waals surface area contributed by atoms with Gasteiger partial charge in [0.2, 0.25) is 19.9 Å². The quantitative estimate of drug-likeness (QED) is 0.769. The van der Waals surface area contributed by atoms with E-state index >= 15 is 0 Å². The number of benzene rings is 1. The van der Waals surface area contributed by atoms with E-state index in [0.29, 0.717) is 11.5 Å². The van der Waals surface area contributed by atoms with Crippen molar-refractivity contribution in [3.05, 3.63) is 47.9 Å². The van der Waals surface area contributed by atoms with Gasteiger partial charge in [0, 0.05) is 7.05 Å². The molecule has 132 valence electrons. The molecule has 0 N–H and O–H groups in total. The Morgan fingerprint density at radius 2 is 1.54 bits per heavy atom. The van der Waals surface area contributed by atoms with Gasteiger partial charge < -0.3 is 4.42 Å². The zero-order valence-corrected chi connectivity index (χ0v) is 14.4. The van der Waals surface area contributed by atoms with Crippen LogP contribution in [0.2, 0.25) is 0 Å². The van der Waals surface area contributed by atoms with Crippen LogP contribution in [0.4, 0.5) is 8.78 Å². The molecular weight excluding hydrogens is 364 g/mol. The van der Waals surface area contributed by atoms with Crippen molar-refractivity contribution in [3.63, 3.8) is 0 Å². The van der Waals surface area contributed by atoms with Crippen molar-refractivity contribution in [1.29, 1.82) is 0 Å². The van der Waals surface area contributed by atoms with Gasteiger partial charge in [0.05, 0.1) is 16.3 Å². The Hall–Kier alpha value is -1.78. The Bertz CT molecular complexity index is 918. The molecule has 1 heterocycles. The van der Waals surface area contributed by atoms with E-state index in [9.17, 15) is 25.6 Å². The first kappa shape index (κ1) is 18.6. The highest BCUT2D eigenvalue weighted by Gasteiger charge is 2.28. The van der Waals surface area contributed by atoms with Crippen LogP contribution < -0.4 is 0 Å². The molecule has 0 saturated carbocycles. The van der Waals surface area contributed by atoms with Gasteiger partial charge in [0.1, 0.15) is 11.5 Å². The Morgan fingerprint density at radius 3 is 2.00 bits per heavy atom. The zero-order valence-electron chi connectivity index (χ0n) is 12.8. The SMILES string of the molecule is Cc1ccc(CN(C)S(=O)(=O)c2ccc(S(=O)(=O)C(F)F)cc2)o1. The topological polar surface area (TPSA) is 84.7 Å². The fraction of sp³-hybridized carbons (Fsp3) is 0.286. The number of sulfonamides is 1. The third-order valence-corrected chi connectivity index (χ3v) is 6.49. The van der Waals surface area contributed by atoms with E-state index in [-0.39, 0.29) is 11.4 Å². The van der Waals surface area contributed by atoms with E-state index in [1.54, 1.807) is 19.1 Å². The van der Waals surface area contributed by atoms with Crippen LogP contribution in [0.15, 0.2) is 50.6 Å². The second-order valence-corrected chi connectivity index (χ2v) is 9.01. The number of alkyl halides is 2. The van der Waals surface area contributed by atoms with Crippen molar-refractivity contribution in [2.24, 2.45) is 0 Å². The summed E-state index contributed by atoms with van der Waals surface area (Å²) >= 11 is 0. The third kappa shape index (κ3) is 3.65. The highest BCUT2D eigenvalue weighted by atomic mass is 32.2. The number of sulfone groups is 1. The van der Waals surface area contributed by atoms with E-state index in [1.165, 1.54) is 7.05 Å². The number of furan rings is 1. The summed E-state index contributed by atoms with van der Waals surface area (Å²) in [6.45, 7) is 1.70. The van der Waals surface area contributed by atoms with Crippen LogP contribution in [0.3, 0.4) is 0 Å². The summed E-state index contributed by atoms with van der Waals surface area (Å²) in [6.07, 6.45) is 0. The number of hydrogen-bond acceptors (Lipinski definition) is 5. The second-order valence-electron chi connectivity index (χ2n) is 5.05. The second kappa shape index (κ2) is 6.61. The van der Waals surface area contributed by atoms with E-state index in [0.717, 1.165) is 28.6 Å². The minimum Gasteiger partial charge on any atom is -0.465 e. The van der Waals surface area contributed by atoms with Gasteiger partial charge in [0.15, 0.2) is 0 Å². The monoisotopic (exact) mass is 379 g/mol. The molecule has 2 rings (SSSR count). The summed E-state index contributed by atoms with van der Waals surface area (Å²) in [7, 11) is -7.35. The van der Waals surface area contributed by atoms with E-state index in [1.807, 2.05) is 0 Å². The Labute approximate surface area is 138 Å². The van der Waals surface area contributed by atoms with Crippen LogP contribution in [0.5, 0.6) is 0 Å². The molecule has 0 saturated heterocycles. The van der Waals surface area contributed by atoms with E-state index in [2.05, 4.69) is 0 Å². The summed E-state index contributed by atoms with van der Waals surface area (Å²) in [5.41, 5.74) is 0. The lowest BCUT2D eigenvalue weighted by atomic mass is 10.4. The molecule has 0 atom stereocenters. The van der Waals surface area contributed by atoms with Crippen molar-refractivity contribution < 1.29 is 30.0 Å². The van der Waals surface area contributed by atoms with Crippen molar-refractivity contribution in [2.75, 3.05) is 7.05 Å². The van der Waals surface area contributed by atoms with Crippen molar-refractivity contribution in [2.45, 2.75) is 29.0 Å². The van der Waals surface area contributed by atoms with Gasteiger partial charge in [-0.05, 0) is 43.3 Å². The van der Waals surface area contributed by atoms with Crippen molar-refractivity contribution in [1.82, 2.24) is 4.31 Å². The summed E-state index contributed by atoms with van der Waals surface area (Å²) in [6, 6.07) is 6.99. The fourth-order valence-electron chi connectivity index (χ4n) is 1.96. The standard InChI is InChI=1S/C14H15F2NO5S2/c1-10-3-4-11(22-10)9-17(2)24(20,21)13-7-5-12(6-8-13)23(18,19)14(15)16/h3-8,14H,9H2,1-2H3. The van der Waals surface area contributed by atoms with E-state index < -0.39 is 30.5 Å². The predicted molar refractivity (Wildman–Crippen MR) is 81.7 cm³/mol. The molecule has 1 aromatic carbocycles.